The minimum absolute atomic E-state index is 0.634. The molecule has 1 unspecified atom stereocenters. The molecule has 19 heavy (non-hydrogen) atoms. The van der Waals surface area contributed by atoms with Gasteiger partial charge in [0.05, 0.1) is 0 Å². The predicted octanol–water partition coefficient (Wildman–Crippen LogP) is 4.36. The molecule has 0 aromatic heterocycles. The Balaban J connectivity index is 2.16. The zero-order chi connectivity index (χ0) is 13.9. The standard InChI is InChI=1S/C17H29NO/c1-4-6-7-12-18-13-14-19-17-10-8-16(9-11-17)15(3)5-2/h8-11,15,18H,4-7,12-14H2,1-3H3. The first-order valence-electron chi connectivity index (χ1n) is 7.71. The van der Waals surface area contributed by atoms with E-state index in [9.17, 15) is 0 Å². The van der Waals surface area contributed by atoms with Crippen molar-refractivity contribution in [3.8, 4) is 5.75 Å². The second kappa shape index (κ2) is 9.85. The smallest absolute Gasteiger partial charge is 0.119 e. The van der Waals surface area contributed by atoms with Gasteiger partial charge in [-0.05, 0) is 43.0 Å². The third-order valence-electron chi connectivity index (χ3n) is 3.57. The van der Waals surface area contributed by atoms with Crippen LogP contribution >= 0.6 is 0 Å². The molecule has 0 aliphatic heterocycles. The Labute approximate surface area is 118 Å². The SMILES string of the molecule is CCCCCNCCOc1ccc(C(C)CC)cc1. The predicted molar refractivity (Wildman–Crippen MR) is 83.0 cm³/mol. The number of hydrogen-bond donors (Lipinski definition) is 1. The lowest BCUT2D eigenvalue weighted by molar-refractivity contribution is 0.313. The second-order valence-electron chi connectivity index (χ2n) is 5.18. The summed E-state index contributed by atoms with van der Waals surface area (Å²) < 4.78 is 5.72. The number of hydrogen-bond acceptors (Lipinski definition) is 2. The molecular formula is C17H29NO. The van der Waals surface area contributed by atoms with Gasteiger partial charge in [-0.3, -0.25) is 0 Å². The van der Waals surface area contributed by atoms with Gasteiger partial charge in [0.15, 0.2) is 0 Å². The molecule has 0 saturated heterocycles. The minimum Gasteiger partial charge on any atom is -0.492 e. The molecule has 1 atom stereocenters. The minimum atomic E-state index is 0.634. The van der Waals surface area contributed by atoms with Crippen molar-refractivity contribution in [3.63, 3.8) is 0 Å². The molecule has 1 rings (SSSR count). The van der Waals surface area contributed by atoms with Crippen LogP contribution in [0.5, 0.6) is 5.75 Å². The Hall–Kier alpha value is -1.02. The van der Waals surface area contributed by atoms with Crippen LogP contribution in [0, 0.1) is 0 Å². The molecule has 0 aliphatic carbocycles. The van der Waals surface area contributed by atoms with Gasteiger partial charge >= 0.3 is 0 Å². The van der Waals surface area contributed by atoms with Crippen LogP contribution in [0.25, 0.3) is 0 Å². The highest BCUT2D eigenvalue weighted by atomic mass is 16.5. The Kier molecular flexibility index (Phi) is 8.31. The van der Waals surface area contributed by atoms with Gasteiger partial charge in [-0.25, -0.2) is 0 Å². The van der Waals surface area contributed by atoms with Gasteiger partial charge in [-0.1, -0.05) is 45.7 Å². The van der Waals surface area contributed by atoms with Crippen LogP contribution in [0.15, 0.2) is 24.3 Å². The molecule has 0 spiro atoms. The third-order valence-corrected chi connectivity index (χ3v) is 3.57. The molecule has 0 amide bonds. The van der Waals surface area contributed by atoms with E-state index < -0.39 is 0 Å². The quantitative estimate of drug-likeness (QED) is 0.633. The van der Waals surface area contributed by atoms with E-state index in [2.05, 4.69) is 50.4 Å². The van der Waals surface area contributed by atoms with Gasteiger partial charge in [0.1, 0.15) is 12.4 Å². The molecule has 0 saturated carbocycles. The summed E-state index contributed by atoms with van der Waals surface area (Å²) in [6.45, 7) is 9.48. The van der Waals surface area contributed by atoms with Crippen molar-refractivity contribution in [2.24, 2.45) is 0 Å². The summed E-state index contributed by atoms with van der Waals surface area (Å²) in [4.78, 5) is 0. The number of nitrogens with one attached hydrogen (secondary N) is 1. The molecule has 0 radical (unpaired) electrons. The summed E-state index contributed by atoms with van der Waals surface area (Å²) >= 11 is 0. The first-order chi connectivity index (χ1) is 9.27. The molecule has 2 nitrogen and oxygen atoms in total. The summed E-state index contributed by atoms with van der Waals surface area (Å²) in [7, 11) is 0. The van der Waals surface area contributed by atoms with Crippen LogP contribution in [0.2, 0.25) is 0 Å². The molecule has 0 fully saturated rings. The van der Waals surface area contributed by atoms with Crippen molar-refractivity contribution in [2.75, 3.05) is 19.7 Å². The van der Waals surface area contributed by atoms with E-state index in [1.54, 1.807) is 0 Å². The van der Waals surface area contributed by atoms with Crippen molar-refractivity contribution < 1.29 is 4.74 Å². The van der Waals surface area contributed by atoms with E-state index in [-0.39, 0.29) is 0 Å². The molecule has 1 aromatic rings. The molecule has 1 aromatic carbocycles. The van der Waals surface area contributed by atoms with Gasteiger partial charge < -0.3 is 10.1 Å². The first kappa shape index (κ1) is 16.0. The average Bonchev–Trinajstić information content (AvgIpc) is 2.46. The summed E-state index contributed by atoms with van der Waals surface area (Å²) in [6.07, 6.45) is 5.04. The second-order valence-corrected chi connectivity index (χ2v) is 5.18. The number of benzene rings is 1. The Morgan fingerprint density at radius 2 is 1.79 bits per heavy atom. The molecule has 0 bridgehead atoms. The first-order valence-corrected chi connectivity index (χ1v) is 7.71. The van der Waals surface area contributed by atoms with E-state index in [1.807, 2.05) is 0 Å². The normalized spacial score (nSPS) is 12.4. The maximum atomic E-state index is 5.72. The van der Waals surface area contributed by atoms with Crippen molar-refractivity contribution in [1.29, 1.82) is 0 Å². The molecule has 108 valence electrons. The molecule has 2 heteroatoms. The number of unbranched alkanes of at least 4 members (excludes halogenated alkanes) is 2. The van der Waals surface area contributed by atoms with Gasteiger partial charge in [0.25, 0.3) is 0 Å². The van der Waals surface area contributed by atoms with E-state index in [0.717, 1.165) is 25.4 Å². The Bertz CT molecular complexity index is 321. The van der Waals surface area contributed by atoms with Gasteiger partial charge in [0, 0.05) is 6.54 Å². The lowest BCUT2D eigenvalue weighted by atomic mass is 9.99. The number of rotatable bonds is 10. The van der Waals surface area contributed by atoms with Crippen molar-refractivity contribution in [2.45, 2.75) is 52.4 Å². The fourth-order valence-electron chi connectivity index (χ4n) is 1.99. The van der Waals surface area contributed by atoms with E-state index in [4.69, 9.17) is 4.74 Å². The Morgan fingerprint density at radius 3 is 2.42 bits per heavy atom. The average molecular weight is 263 g/mol. The highest BCUT2D eigenvalue weighted by molar-refractivity contribution is 5.29. The fourth-order valence-corrected chi connectivity index (χ4v) is 1.99. The monoisotopic (exact) mass is 263 g/mol. The van der Waals surface area contributed by atoms with E-state index >= 15 is 0 Å². The maximum absolute atomic E-state index is 5.72. The summed E-state index contributed by atoms with van der Waals surface area (Å²) in [5, 5.41) is 3.40. The number of ether oxygens (including phenoxy) is 1. The van der Waals surface area contributed by atoms with Crippen LogP contribution in [0.4, 0.5) is 0 Å². The zero-order valence-corrected chi connectivity index (χ0v) is 12.7. The lowest BCUT2D eigenvalue weighted by Gasteiger charge is -2.11. The highest BCUT2D eigenvalue weighted by Gasteiger charge is 2.02. The lowest BCUT2D eigenvalue weighted by Crippen LogP contribution is -2.22. The fraction of sp³-hybridized carbons (Fsp3) is 0.647. The van der Waals surface area contributed by atoms with Crippen molar-refractivity contribution >= 4 is 0 Å². The van der Waals surface area contributed by atoms with Crippen LogP contribution < -0.4 is 10.1 Å². The van der Waals surface area contributed by atoms with Crippen molar-refractivity contribution in [3.05, 3.63) is 29.8 Å². The molecule has 1 N–H and O–H groups in total. The van der Waals surface area contributed by atoms with E-state index in [0.29, 0.717) is 5.92 Å². The third kappa shape index (κ3) is 6.63. The van der Waals surface area contributed by atoms with Gasteiger partial charge in [0.2, 0.25) is 0 Å². The van der Waals surface area contributed by atoms with Crippen LogP contribution in [-0.2, 0) is 0 Å². The summed E-state index contributed by atoms with van der Waals surface area (Å²) in [6, 6.07) is 8.52. The Morgan fingerprint density at radius 1 is 1.05 bits per heavy atom. The largest absolute Gasteiger partial charge is 0.492 e. The van der Waals surface area contributed by atoms with E-state index in [1.165, 1.54) is 31.2 Å². The summed E-state index contributed by atoms with van der Waals surface area (Å²) in [5.41, 5.74) is 1.40. The zero-order valence-electron chi connectivity index (χ0n) is 12.7. The molecular weight excluding hydrogens is 234 g/mol. The molecule has 0 heterocycles. The van der Waals surface area contributed by atoms with Crippen LogP contribution in [0.3, 0.4) is 0 Å². The van der Waals surface area contributed by atoms with Gasteiger partial charge in [-0.2, -0.15) is 0 Å². The van der Waals surface area contributed by atoms with Gasteiger partial charge in [-0.15, -0.1) is 0 Å². The molecule has 0 aliphatic rings. The topological polar surface area (TPSA) is 21.3 Å². The van der Waals surface area contributed by atoms with Crippen LogP contribution in [0.1, 0.15) is 57.9 Å². The van der Waals surface area contributed by atoms with Crippen molar-refractivity contribution in [1.82, 2.24) is 5.32 Å². The van der Waals surface area contributed by atoms with Crippen LogP contribution in [-0.4, -0.2) is 19.7 Å². The maximum Gasteiger partial charge on any atom is 0.119 e. The highest BCUT2D eigenvalue weighted by Crippen LogP contribution is 2.21. The summed E-state index contributed by atoms with van der Waals surface area (Å²) in [5.74, 6) is 1.61.